The van der Waals surface area contributed by atoms with Crippen LogP contribution in [0.5, 0.6) is 0 Å². The van der Waals surface area contributed by atoms with E-state index in [1.165, 1.54) is 6.08 Å². The van der Waals surface area contributed by atoms with Gasteiger partial charge in [-0.15, -0.1) is 0 Å². The van der Waals surface area contributed by atoms with Gasteiger partial charge in [0.05, 0.1) is 5.57 Å². The second kappa shape index (κ2) is 5.23. The maximum atomic E-state index is 10.7. The van der Waals surface area contributed by atoms with Gasteiger partial charge >= 0.3 is 5.97 Å². The molecular formula is C7H9BrO2. The zero-order valence-electron chi connectivity index (χ0n) is 5.60. The van der Waals surface area contributed by atoms with E-state index in [4.69, 9.17) is 0 Å². The SMILES string of the molecule is C=CC(=C)C(=O)OCCBr. The lowest BCUT2D eigenvalue weighted by molar-refractivity contribution is -0.137. The molecule has 0 unspecified atom stereocenters. The molecule has 10 heavy (non-hydrogen) atoms. The average molecular weight is 205 g/mol. The molecule has 0 aromatic rings. The van der Waals surface area contributed by atoms with E-state index in [9.17, 15) is 4.79 Å². The largest absolute Gasteiger partial charge is 0.461 e. The molecule has 2 nitrogen and oxygen atoms in total. The summed E-state index contributed by atoms with van der Waals surface area (Å²) in [6.07, 6.45) is 1.37. The van der Waals surface area contributed by atoms with Crippen molar-refractivity contribution < 1.29 is 9.53 Å². The number of ether oxygens (including phenoxy) is 1. The summed E-state index contributed by atoms with van der Waals surface area (Å²) in [7, 11) is 0. The van der Waals surface area contributed by atoms with Crippen LogP contribution in [0.2, 0.25) is 0 Å². The van der Waals surface area contributed by atoms with Crippen molar-refractivity contribution in [1.82, 2.24) is 0 Å². The maximum Gasteiger partial charge on any atom is 0.337 e. The van der Waals surface area contributed by atoms with Gasteiger partial charge in [-0.2, -0.15) is 0 Å². The Morgan fingerprint density at radius 3 is 2.70 bits per heavy atom. The second-order valence-corrected chi connectivity index (χ2v) is 2.35. The van der Waals surface area contributed by atoms with Crippen LogP contribution in [0.25, 0.3) is 0 Å². The smallest absolute Gasteiger partial charge is 0.337 e. The third-order valence-electron chi connectivity index (χ3n) is 0.819. The Morgan fingerprint density at radius 1 is 1.70 bits per heavy atom. The fourth-order valence-corrected chi connectivity index (χ4v) is 0.469. The van der Waals surface area contributed by atoms with Crippen molar-refractivity contribution in [2.24, 2.45) is 0 Å². The van der Waals surface area contributed by atoms with E-state index in [-0.39, 0.29) is 0 Å². The van der Waals surface area contributed by atoms with Gasteiger partial charge in [0.2, 0.25) is 0 Å². The Hall–Kier alpha value is -0.570. The van der Waals surface area contributed by atoms with Crippen molar-refractivity contribution in [3.63, 3.8) is 0 Å². The molecular weight excluding hydrogens is 196 g/mol. The van der Waals surface area contributed by atoms with Crippen molar-refractivity contribution >= 4 is 21.9 Å². The molecule has 0 aromatic heterocycles. The summed E-state index contributed by atoms with van der Waals surface area (Å²) in [4.78, 5) is 10.7. The lowest BCUT2D eigenvalue weighted by atomic mass is 10.3. The molecule has 0 saturated carbocycles. The van der Waals surface area contributed by atoms with Crippen molar-refractivity contribution in [3.8, 4) is 0 Å². The van der Waals surface area contributed by atoms with E-state index in [0.717, 1.165) is 0 Å². The van der Waals surface area contributed by atoms with E-state index in [1.54, 1.807) is 0 Å². The molecule has 0 fully saturated rings. The van der Waals surface area contributed by atoms with Crippen LogP contribution < -0.4 is 0 Å². The Morgan fingerprint density at radius 2 is 2.30 bits per heavy atom. The molecule has 0 saturated heterocycles. The van der Waals surface area contributed by atoms with Crippen LogP contribution in [-0.2, 0) is 9.53 Å². The predicted octanol–water partition coefficient (Wildman–Crippen LogP) is 1.67. The number of halogens is 1. The maximum absolute atomic E-state index is 10.7. The van der Waals surface area contributed by atoms with Gasteiger partial charge in [0.1, 0.15) is 6.61 Å². The standard InChI is InChI=1S/C7H9BrO2/c1-3-6(2)7(9)10-5-4-8/h3H,1-2,4-5H2. The highest BCUT2D eigenvalue weighted by Gasteiger charge is 2.02. The molecule has 0 amide bonds. The first-order chi connectivity index (χ1) is 4.72. The fraction of sp³-hybridized carbons (Fsp3) is 0.286. The first-order valence-corrected chi connectivity index (χ1v) is 3.89. The summed E-state index contributed by atoms with van der Waals surface area (Å²) >= 11 is 3.12. The Bertz CT molecular complexity index is 152. The van der Waals surface area contributed by atoms with Gasteiger partial charge in [-0.05, 0) is 0 Å². The molecule has 0 N–H and O–H groups in total. The monoisotopic (exact) mass is 204 g/mol. The van der Waals surface area contributed by atoms with Crippen molar-refractivity contribution in [2.45, 2.75) is 0 Å². The number of carbonyl (C=O) groups is 1. The summed E-state index contributed by atoms with van der Waals surface area (Å²) in [6, 6.07) is 0. The number of carbonyl (C=O) groups excluding carboxylic acids is 1. The van der Waals surface area contributed by atoms with Crippen molar-refractivity contribution in [3.05, 3.63) is 24.8 Å². The highest BCUT2D eigenvalue weighted by molar-refractivity contribution is 9.09. The molecule has 56 valence electrons. The molecule has 0 aliphatic carbocycles. The van der Waals surface area contributed by atoms with E-state index in [2.05, 4.69) is 33.8 Å². The molecule has 0 bridgehead atoms. The lowest BCUT2D eigenvalue weighted by Crippen LogP contribution is -2.06. The normalized spacial score (nSPS) is 8.50. The topological polar surface area (TPSA) is 26.3 Å². The predicted molar refractivity (Wildman–Crippen MR) is 44.1 cm³/mol. The zero-order valence-corrected chi connectivity index (χ0v) is 7.19. The van der Waals surface area contributed by atoms with Gasteiger partial charge < -0.3 is 4.74 Å². The van der Waals surface area contributed by atoms with Crippen LogP contribution >= 0.6 is 15.9 Å². The van der Waals surface area contributed by atoms with Crippen LogP contribution in [0.3, 0.4) is 0 Å². The Labute approximate surface area is 68.7 Å². The van der Waals surface area contributed by atoms with Crippen molar-refractivity contribution in [1.29, 1.82) is 0 Å². The zero-order chi connectivity index (χ0) is 7.98. The molecule has 0 aromatic carbocycles. The Kier molecular flexibility index (Phi) is 4.94. The average Bonchev–Trinajstić information content (AvgIpc) is 1.98. The van der Waals surface area contributed by atoms with Crippen LogP contribution in [0, 0.1) is 0 Å². The first kappa shape index (κ1) is 9.43. The van der Waals surface area contributed by atoms with E-state index in [0.29, 0.717) is 17.5 Å². The van der Waals surface area contributed by atoms with Crippen LogP contribution in [-0.4, -0.2) is 17.9 Å². The fourth-order valence-electron chi connectivity index (χ4n) is 0.307. The third kappa shape index (κ3) is 3.45. The first-order valence-electron chi connectivity index (χ1n) is 2.76. The minimum atomic E-state index is -0.408. The van der Waals surface area contributed by atoms with Crippen molar-refractivity contribution in [2.75, 3.05) is 11.9 Å². The number of alkyl halides is 1. The van der Waals surface area contributed by atoms with Gasteiger partial charge in [-0.3, -0.25) is 0 Å². The summed E-state index contributed by atoms with van der Waals surface area (Å²) in [6.45, 7) is 7.16. The van der Waals surface area contributed by atoms with Gasteiger partial charge in [0.25, 0.3) is 0 Å². The third-order valence-corrected chi connectivity index (χ3v) is 1.14. The Balaban J connectivity index is 3.62. The van der Waals surface area contributed by atoms with E-state index >= 15 is 0 Å². The summed E-state index contributed by atoms with van der Waals surface area (Å²) < 4.78 is 4.69. The molecule has 0 rings (SSSR count). The molecule has 0 heterocycles. The number of rotatable bonds is 4. The number of hydrogen-bond donors (Lipinski definition) is 0. The van der Waals surface area contributed by atoms with Crippen LogP contribution in [0.15, 0.2) is 24.8 Å². The summed E-state index contributed by atoms with van der Waals surface area (Å²) in [5.74, 6) is -0.408. The highest BCUT2D eigenvalue weighted by Crippen LogP contribution is 1.95. The van der Waals surface area contributed by atoms with Gasteiger partial charge in [-0.25, -0.2) is 4.79 Å². The summed E-state index contributed by atoms with van der Waals surface area (Å²) in [5, 5.41) is 0.642. The van der Waals surface area contributed by atoms with E-state index < -0.39 is 5.97 Å². The van der Waals surface area contributed by atoms with Gasteiger partial charge in [0.15, 0.2) is 0 Å². The van der Waals surface area contributed by atoms with Gasteiger partial charge in [-0.1, -0.05) is 35.2 Å². The lowest BCUT2D eigenvalue weighted by Gasteiger charge is -1.99. The summed E-state index contributed by atoms with van der Waals surface area (Å²) in [5.41, 5.74) is 0.293. The number of esters is 1. The minimum Gasteiger partial charge on any atom is -0.461 e. The number of hydrogen-bond acceptors (Lipinski definition) is 2. The second-order valence-electron chi connectivity index (χ2n) is 1.55. The molecule has 3 heteroatoms. The molecule has 0 aliphatic heterocycles. The molecule has 0 radical (unpaired) electrons. The molecule has 0 atom stereocenters. The van der Waals surface area contributed by atoms with Crippen LogP contribution in [0.1, 0.15) is 0 Å². The minimum absolute atomic E-state index is 0.293. The van der Waals surface area contributed by atoms with E-state index in [1.807, 2.05) is 0 Å². The quantitative estimate of drug-likeness (QED) is 0.302. The van der Waals surface area contributed by atoms with Gasteiger partial charge in [0, 0.05) is 5.33 Å². The van der Waals surface area contributed by atoms with Crippen LogP contribution in [0.4, 0.5) is 0 Å². The molecule has 0 spiro atoms. The highest BCUT2D eigenvalue weighted by atomic mass is 79.9. The molecule has 0 aliphatic rings.